The smallest absolute Gasteiger partial charge is 0.141 e. The molecule has 0 fully saturated rings. The Morgan fingerprint density at radius 2 is 2.06 bits per heavy atom. The van der Waals surface area contributed by atoms with Crippen LogP contribution in [0, 0.1) is 12.3 Å². The highest BCUT2D eigenvalue weighted by Gasteiger charge is 2.03. The first-order valence-corrected chi connectivity index (χ1v) is 4.87. The largest absolute Gasteiger partial charge is 0.382 e. The van der Waals surface area contributed by atoms with Crippen molar-refractivity contribution >= 4 is 40.7 Å². The van der Waals surface area contributed by atoms with Gasteiger partial charge in [-0.05, 0) is 30.7 Å². The monoisotopic (exact) mass is 255 g/mol. The van der Waals surface area contributed by atoms with E-state index in [2.05, 4.69) is 4.98 Å². The minimum absolute atomic E-state index is 0. The fourth-order valence-corrected chi connectivity index (χ4v) is 1.57. The molecular weight excluding hydrogens is 245 g/mol. The molecule has 1 aromatic carbocycles. The highest BCUT2D eigenvalue weighted by Crippen LogP contribution is 2.22. The Morgan fingerprint density at radius 1 is 1.38 bits per heavy atom. The Morgan fingerprint density at radius 3 is 2.69 bits per heavy atom. The molecule has 0 spiro atoms. The second kappa shape index (κ2) is 4.68. The number of hydrogen-bond donors (Lipinski definition) is 2. The number of benzene rings is 1. The third-order valence-electron chi connectivity index (χ3n) is 2.25. The van der Waals surface area contributed by atoms with E-state index in [0.29, 0.717) is 10.7 Å². The van der Waals surface area contributed by atoms with Gasteiger partial charge in [-0.3, -0.25) is 5.41 Å². The molecule has 0 unspecified atom stereocenters. The number of pyridine rings is 1. The van der Waals surface area contributed by atoms with E-state index >= 15 is 0 Å². The second-order valence-electron chi connectivity index (χ2n) is 3.40. The first-order chi connectivity index (χ1) is 7.08. The third-order valence-corrected chi connectivity index (χ3v) is 2.65. The predicted octanol–water partition coefficient (Wildman–Crippen LogP) is 2.90. The molecular formula is C11H11Cl2N3. The molecule has 1 aromatic heterocycles. The van der Waals surface area contributed by atoms with Gasteiger partial charge in [0.15, 0.2) is 0 Å². The van der Waals surface area contributed by atoms with Gasteiger partial charge in [-0.25, -0.2) is 4.98 Å². The highest BCUT2D eigenvalue weighted by molar-refractivity contribution is 6.32. The summed E-state index contributed by atoms with van der Waals surface area (Å²) in [6.07, 6.45) is 0. The van der Waals surface area contributed by atoms with Crippen molar-refractivity contribution in [2.45, 2.75) is 6.92 Å². The maximum absolute atomic E-state index is 7.29. The Balaban J connectivity index is 0.00000128. The molecule has 0 amide bonds. The molecule has 0 saturated heterocycles. The predicted molar refractivity (Wildman–Crippen MR) is 69.8 cm³/mol. The third kappa shape index (κ3) is 2.26. The first-order valence-electron chi connectivity index (χ1n) is 4.49. The maximum Gasteiger partial charge on any atom is 0.141 e. The molecule has 84 valence electrons. The zero-order valence-corrected chi connectivity index (χ0v) is 10.2. The average molecular weight is 256 g/mol. The van der Waals surface area contributed by atoms with Crippen molar-refractivity contribution in [2.75, 3.05) is 0 Å². The van der Waals surface area contributed by atoms with Crippen LogP contribution in [0.3, 0.4) is 0 Å². The normalized spacial score (nSPS) is 9.88. The molecule has 2 rings (SSSR count). The van der Waals surface area contributed by atoms with Crippen LogP contribution < -0.4 is 5.73 Å². The van der Waals surface area contributed by atoms with E-state index in [1.807, 2.05) is 19.1 Å². The molecule has 16 heavy (non-hydrogen) atoms. The van der Waals surface area contributed by atoms with Gasteiger partial charge >= 0.3 is 0 Å². The lowest BCUT2D eigenvalue weighted by atomic mass is 10.1. The Kier molecular flexibility index (Phi) is 3.73. The fourth-order valence-electron chi connectivity index (χ4n) is 1.41. The summed E-state index contributed by atoms with van der Waals surface area (Å²) in [6.45, 7) is 1.95. The van der Waals surface area contributed by atoms with E-state index in [9.17, 15) is 0 Å². The van der Waals surface area contributed by atoms with E-state index in [1.54, 1.807) is 12.1 Å². The summed E-state index contributed by atoms with van der Waals surface area (Å²) in [5.41, 5.74) is 7.61. The number of fused-ring (bicyclic) bond motifs is 1. The number of amidine groups is 1. The lowest BCUT2D eigenvalue weighted by molar-refractivity contribution is 1.30. The van der Waals surface area contributed by atoms with Crippen molar-refractivity contribution in [3.63, 3.8) is 0 Å². The van der Waals surface area contributed by atoms with Gasteiger partial charge in [0.2, 0.25) is 0 Å². The number of hydrogen-bond acceptors (Lipinski definition) is 2. The number of nitrogen functional groups attached to an aromatic ring is 1. The van der Waals surface area contributed by atoms with E-state index in [4.69, 9.17) is 22.7 Å². The Hall–Kier alpha value is -1.32. The van der Waals surface area contributed by atoms with Crippen LogP contribution in [0.4, 0.5) is 0 Å². The summed E-state index contributed by atoms with van der Waals surface area (Å²) in [5, 5.41) is 8.97. The van der Waals surface area contributed by atoms with E-state index < -0.39 is 0 Å². The number of halogens is 2. The zero-order valence-electron chi connectivity index (χ0n) is 8.62. The van der Waals surface area contributed by atoms with Gasteiger partial charge in [0.05, 0.1) is 5.52 Å². The summed E-state index contributed by atoms with van der Waals surface area (Å²) < 4.78 is 0. The van der Waals surface area contributed by atoms with E-state index in [0.717, 1.165) is 16.5 Å². The standard InChI is InChI=1S/C11H10ClN3.ClH/c1-6-4-7-2-3-9(11(13)14)15-10(7)5-8(6)12;/h2-5H,1H3,(H3,13,14);1H. The average Bonchev–Trinajstić information content (AvgIpc) is 2.19. The molecule has 1 heterocycles. The number of aromatic nitrogens is 1. The topological polar surface area (TPSA) is 62.8 Å². The van der Waals surface area contributed by atoms with E-state index in [-0.39, 0.29) is 18.2 Å². The molecule has 0 aliphatic heterocycles. The lowest BCUT2D eigenvalue weighted by Crippen LogP contribution is -2.12. The fraction of sp³-hybridized carbons (Fsp3) is 0.0909. The SMILES string of the molecule is Cc1cc2ccc(C(=N)N)nc2cc1Cl.Cl. The van der Waals surface area contributed by atoms with Gasteiger partial charge in [-0.15, -0.1) is 12.4 Å². The molecule has 0 aliphatic carbocycles. The minimum Gasteiger partial charge on any atom is -0.382 e. The van der Waals surface area contributed by atoms with Crippen LogP contribution in [0.15, 0.2) is 24.3 Å². The molecule has 0 bridgehead atoms. The van der Waals surface area contributed by atoms with Crippen molar-refractivity contribution in [1.82, 2.24) is 4.98 Å². The molecule has 0 aliphatic rings. The first kappa shape index (κ1) is 12.7. The van der Waals surface area contributed by atoms with Gasteiger partial charge in [0.1, 0.15) is 11.5 Å². The molecule has 0 saturated carbocycles. The molecule has 3 N–H and O–H groups in total. The summed E-state index contributed by atoms with van der Waals surface area (Å²) in [7, 11) is 0. The maximum atomic E-state index is 7.29. The molecule has 3 nitrogen and oxygen atoms in total. The van der Waals surface area contributed by atoms with Crippen molar-refractivity contribution in [1.29, 1.82) is 5.41 Å². The lowest BCUT2D eigenvalue weighted by Gasteiger charge is -2.03. The minimum atomic E-state index is -0.0337. The number of nitrogens with zero attached hydrogens (tertiary/aromatic N) is 1. The van der Waals surface area contributed by atoms with Crippen LogP contribution in [-0.4, -0.2) is 10.8 Å². The van der Waals surface area contributed by atoms with Gasteiger partial charge in [0, 0.05) is 10.4 Å². The van der Waals surface area contributed by atoms with Gasteiger partial charge in [-0.1, -0.05) is 17.7 Å². The number of rotatable bonds is 1. The molecule has 0 atom stereocenters. The van der Waals surface area contributed by atoms with Gasteiger partial charge < -0.3 is 5.73 Å². The van der Waals surface area contributed by atoms with Crippen LogP contribution in [0.2, 0.25) is 5.02 Å². The summed E-state index contributed by atoms with van der Waals surface area (Å²) in [6, 6.07) is 7.38. The molecule has 5 heteroatoms. The molecule has 2 aromatic rings. The van der Waals surface area contributed by atoms with Crippen LogP contribution in [0.1, 0.15) is 11.3 Å². The van der Waals surface area contributed by atoms with E-state index in [1.165, 1.54) is 0 Å². The highest BCUT2D eigenvalue weighted by atomic mass is 35.5. The number of nitrogens with two attached hydrogens (primary N) is 1. The quantitative estimate of drug-likeness (QED) is 0.608. The Bertz CT molecular complexity index is 552. The van der Waals surface area contributed by atoms with Gasteiger partial charge in [0.25, 0.3) is 0 Å². The Labute approximate surface area is 105 Å². The zero-order chi connectivity index (χ0) is 11.0. The molecule has 0 radical (unpaired) electrons. The second-order valence-corrected chi connectivity index (χ2v) is 3.81. The summed E-state index contributed by atoms with van der Waals surface area (Å²) in [5.74, 6) is -0.0337. The van der Waals surface area contributed by atoms with Crippen LogP contribution in [-0.2, 0) is 0 Å². The summed E-state index contributed by atoms with van der Waals surface area (Å²) >= 11 is 5.99. The van der Waals surface area contributed by atoms with Crippen LogP contribution in [0.25, 0.3) is 10.9 Å². The van der Waals surface area contributed by atoms with Crippen molar-refractivity contribution in [3.8, 4) is 0 Å². The van der Waals surface area contributed by atoms with Crippen LogP contribution >= 0.6 is 24.0 Å². The van der Waals surface area contributed by atoms with Crippen molar-refractivity contribution in [2.24, 2.45) is 5.73 Å². The van der Waals surface area contributed by atoms with Crippen LogP contribution in [0.5, 0.6) is 0 Å². The van der Waals surface area contributed by atoms with Gasteiger partial charge in [-0.2, -0.15) is 0 Å². The van der Waals surface area contributed by atoms with Crippen molar-refractivity contribution in [3.05, 3.63) is 40.5 Å². The number of aryl methyl sites for hydroxylation is 1. The summed E-state index contributed by atoms with van der Waals surface area (Å²) in [4.78, 5) is 4.24. The number of nitrogens with one attached hydrogen (secondary N) is 1. The van der Waals surface area contributed by atoms with Crippen molar-refractivity contribution < 1.29 is 0 Å².